The van der Waals surface area contributed by atoms with E-state index in [1.807, 2.05) is 30.3 Å². The van der Waals surface area contributed by atoms with E-state index in [-0.39, 0.29) is 31.2 Å². The molecule has 3 rings (SSSR count). The fourth-order valence-electron chi connectivity index (χ4n) is 3.27. The third-order valence-electron chi connectivity index (χ3n) is 4.88. The Balaban J connectivity index is 1.80. The molecule has 0 spiro atoms. The van der Waals surface area contributed by atoms with Crippen LogP contribution in [0.4, 0.5) is 5.69 Å². The second-order valence-electron chi connectivity index (χ2n) is 7.04. The van der Waals surface area contributed by atoms with E-state index in [0.29, 0.717) is 29.2 Å². The molecule has 2 N–H and O–H groups in total. The van der Waals surface area contributed by atoms with E-state index in [0.717, 1.165) is 5.56 Å². The normalized spacial score (nSPS) is 10.4. The van der Waals surface area contributed by atoms with Gasteiger partial charge in [-0.2, -0.15) is 0 Å². The van der Waals surface area contributed by atoms with E-state index < -0.39 is 4.92 Å². The number of ether oxygens (including phenoxy) is 2. The molecule has 0 atom stereocenters. The van der Waals surface area contributed by atoms with Crippen molar-refractivity contribution in [1.29, 1.82) is 0 Å². The number of methoxy groups -OCH3 is 1. The van der Waals surface area contributed by atoms with Gasteiger partial charge >= 0.3 is 0 Å². The number of nitrogens with two attached hydrogens (primary N) is 1. The van der Waals surface area contributed by atoms with Crippen LogP contribution < -0.4 is 15.2 Å². The molecular formula is C24H25N3O5. The summed E-state index contributed by atoms with van der Waals surface area (Å²) in [7, 11) is 1.50. The second kappa shape index (κ2) is 10.9. The van der Waals surface area contributed by atoms with Gasteiger partial charge in [-0.25, -0.2) is 0 Å². The van der Waals surface area contributed by atoms with Crippen LogP contribution in [0.2, 0.25) is 0 Å². The minimum atomic E-state index is -0.456. The van der Waals surface area contributed by atoms with E-state index in [1.165, 1.54) is 18.1 Å². The van der Waals surface area contributed by atoms with Crippen LogP contribution in [0.3, 0.4) is 0 Å². The smallest absolute Gasteiger partial charge is 0.274 e. The lowest BCUT2D eigenvalue weighted by Gasteiger charge is -2.23. The van der Waals surface area contributed by atoms with Crippen LogP contribution in [0.1, 0.15) is 21.5 Å². The van der Waals surface area contributed by atoms with Gasteiger partial charge in [-0.05, 0) is 23.8 Å². The van der Waals surface area contributed by atoms with Crippen molar-refractivity contribution < 1.29 is 19.2 Å². The summed E-state index contributed by atoms with van der Waals surface area (Å²) in [4.78, 5) is 25.5. The van der Waals surface area contributed by atoms with Gasteiger partial charge in [0, 0.05) is 30.3 Å². The first-order chi connectivity index (χ1) is 15.5. The summed E-state index contributed by atoms with van der Waals surface area (Å²) in [5.74, 6) is 0.628. The molecule has 0 aliphatic rings. The summed E-state index contributed by atoms with van der Waals surface area (Å²) >= 11 is 0. The van der Waals surface area contributed by atoms with Gasteiger partial charge in [0.25, 0.3) is 11.6 Å². The standard InChI is InChI=1S/C24H25N3O5/c1-31-23-15-19(11-12-22(23)32-17-18-7-3-2-4-8-18)24(28)26(14-13-25)16-20-9-5-6-10-21(20)27(29)30/h2-12,15H,13-14,16-17,25H2,1H3. The molecule has 0 radical (unpaired) electrons. The van der Waals surface area contributed by atoms with E-state index in [9.17, 15) is 14.9 Å². The maximum absolute atomic E-state index is 13.2. The first kappa shape index (κ1) is 22.8. The average molecular weight is 435 g/mol. The van der Waals surface area contributed by atoms with Crippen LogP contribution in [0.15, 0.2) is 72.8 Å². The lowest BCUT2D eigenvalue weighted by Crippen LogP contribution is -2.35. The SMILES string of the molecule is COc1cc(C(=O)N(CCN)Cc2ccccc2[N+](=O)[O-])ccc1OCc1ccccc1. The zero-order valence-electron chi connectivity index (χ0n) is 17.8. The summed E-state index contributed by atoms with van der Waals surface area (Å²) in [6, 6.07) is 21.0. The fraction of sp³-hybridized carbons (Fsp3) is 0.208. The molecule has 8 heteroatoms. The first-order valence-corrected chi connectivity index (χ1v) is 10.1. The third kappa shape index (κ3) is 5.61. The average Bonchev–Trinajstić information content (AvgIpc) is 2.82. The third-order valence-corrected chi connectivity index (χ3v) is 4.88. The lowest BCUT2D eigenvalue weighted by atomic mass is 10.1. The Kier molecular flexibility index (Phi) is 7.77. The van der Waals surface area contributed by atoms with Crippen LogP contribution in [0.25, 0.3) is 0 Å². The Morgan fingerprint density at radius 3 is 2.44 bits per heavy atom. The number of benzene rings is 3. The summed E-state index contributed by atoms with van der Waals surface area (Å²) in [5, 5.41) is 11.3. The van der Waals surface area contributed by atoms with Gasteiger partial charge in [0.05, 0.1) is 18.6 Å². The van der Waals surface area contributed by atoms with Crippen molar-refractivity contribution in [3.8, 4) is 11.5 Å². The summed E-state index contributed by atoms with van der Waals surface area (Å²) in [6.45, 7) is 0.907. The van der Waals surface area contributed by atoms with Crippen molar-refractivity contribution >= 4 is 11.6 Å². The van der Waals surface area contributed by atoms with Crippen LogP contribution in [-0.4, -0.2) is 35.9 Å². The number of carbonyl (C=O) groups is 1. The first-order valence-electron chi connectivity index (χ1n) is 10.1. The molecule has 0 heterocycles. The number of nitro groups is 1. The van der Waals surface area contributed by atoms with Crippen molar-refractivity contribution in [2.75, 3.05) is 20.2 Å². The Labute approximate surface area is 186 Å². The quantitative estimate of drug-likeness (QED) is 0.383. The minimum Gasteiger partial charge on any atom is -0.493 e. The summed E-state index contributed by atoms with van der Waals surface area (Å²) in [5.41, 5.74) is 7.48. The van der Waals surface area contributed by atoms with Crippen molar-refractivity contribution in [2.24, 2.45) is 5.73 Å². The van der Waals surface area contributed by atoms with Crippen LogP contribution in [0.5, 0.6) is 11.5 Å². The molecule has 0 bridgehead atoms. The highest BCUT2D eigenvalue weighted by atomic mass is 16.6. The molecule has 32 heavy (non-hydrogen) atoms. The van der Waals surface area contributed by atoms with Gasteiger partial charge in [-0.1, -0.05) is 48.5 Å². The van der Waals surface area contributed by atoms with Crippen molar-refractivity contribution in [3.05, 3.63) is 99.6 Å². The van der Waals surface area contributed by atoms with Gasteiger partial charge in [-0.3, -0.25) is 14.9 Å². The molecule has 0 aliphatic heterocycles. The van der Waals surface area contributed by atoms with Gasteiger partial charge in [-0.15, -0.1) is 0 Å². The van der Waals surface area contributed by atoms with E-state index >= 15 is 0 Å². The summed E-state index contributed by atoms with van der Waals surface area (Å²) in [6.07, 6.45) is 0. The molecule has 0 saturated carbocycles. The van der Waals surface area contributed by atoms with E-state index in [4.69, 9.17) is 15.2 Å². The predicted molar refractivity (Wildman–Crippen MR) is 121 cm³/mol. The summed E-state index contributed by atoms with van der Waals surface area (Å²) < 4.78 is 11.3. The number of amides is 1. The molecule has 8 nitrogen and oxygen atoms in total. The highest BCUT2D eigenvalue weighted by Crippen LogP contribution is 2.30. The van der Waals surface area contributed by atoms with Gasteiger partial charge in [0.15, 0.2) is 11.5 Å². The number of nitro benzene ring substituents is 1. The van der Waals surface area contributed by atoms with Crippen molar-refractivity contribution in [3.63, 3.8) is 0 Å². The Morgan fingerprint density at radius 1 is 1.03 bits per heavy atom. The number of carbonyl (C=O) groups excluding carboxylic acids is 1. The number of hydrogen-bond acceptors (Lipinski definition) is 6. The highest BCUT2D eigenvalue weighted by molar-refractivity contribution is 5.95. The lowest BCUT2D eigenvalue weighted by molar-refractivity contribution is -0.385. The molecule has 0 aromatic heterocycles. The number of rotatable bonds is 10. The Hall–Kier alpha value is -3.91. The number of para-hydroxylation sites is 1. The zero-order chi connectivity index (χ0) is 22.9. The number of hydrogen-bond donors (Lipinski definition) is 1. The molecule has 0 unspecified atom stereocenters. The van der Waals surface area contributed by atoms with Crippen LogP contribution in [-0.2, 0) is 13.2 Å². The van der Waals surface area contributed by atoms with Gasteiger partial charge < -0.3 is 20.1 Å². The molecule has 0 fully saturated rings. The van der Waals surface area contributed by atoms with Crippen molar-refractivity contribution in [1.82, 2.24) is 4.90 Å². The molecule has 166 valence electrons. The van der Waals surface area contributed by atoms with Crippen LogP contribution in [0, 0.1) is 10.1 Å². The maximum atomic E-state index is 13.2. The van der Waals surface area contributed by atoms with E-state index in [1.54, 1.807) is 36.4 Å². The van der Waals surface area contributed by atoms with Gasteiger partial charge in [0.2, 0.25) is 0 Å². The van der Waals surface area contributed by atoms with E-state index in [2.05, 4.69) is 0 Å². The van der Waals surface area contributed by atoms with Crippen molar-refractivity contribution in [2.45, 2.75) is 13.2 Å². The zero-order valence-corrected chi connectivity index (χ0v) is 17.8. The highest BCUT2D eigenvalue weighted by Gasteiger charge is 2.21. The minimum absolute atomic E-state index is 0.0374. The maximum Gasteiger partial charge on any atom is 0.274 e. The van der Waals surface area contributed by atoms with Gasteiger partial charge in [0.1, 0.15) is 6.61 Å². The predicted octanol–water partition coefficient (Wildman–Crippen LogP) is 3.78. The Morgan fingerprint density at radius 2 is 1.75 bits per heavy atom. The molecule has 0 aliphatic carbocycles. The Bertz CT molecular complexity index is 1070. The molecule has 3 aromatic rings. The molecular weight excluding hydrogens is 410 g/mol. The molecule has 0 saturated heterocycles. The monoisotopic (exact) mass is 435 g/mol. The second-order valence-corrected chi connectivity index (χ2v) is 7.04. The fourth-order valence-corrected chi connectivity index (χ4v) is 3.27. The molecule has 3 aromatic carbocycles. The largest absolute Gasteiger partial charge is 0.493 e. The topological polar surface area (TPSA) is 108 Å². The number of nitrogens with zero attached hydrogens (tertiary/aromatic N) is 2. The van der Waals surface area contributed by atoms with Crippen LogP contribution >= 0.6 is 0 Å². The molecule has 1 amide bonds.